The maximum absolute atomic E-state index is 12.5. The largest absolute Gasteiger partial charge is 0.385 e. The van der Waals surface area contributed by atoms with Crippen molar-refractivity contribution in [3.05, 3.63) is 53.3 Å². The Morgan fingerprint density at radius 2 is 1.96 bits per heavy atom. The second kappa shape index (κ2) is 8.98. The van der Waals surface area contributed by atoms with Crippen LogP contribution < -0.4 is 10.6 Å². The van der Waals surface area contributed by atoms with Crippen LogP contribution in [-0.2, 0) is 4.74 Å². The lowest BCUT2D eigenvalue weighted by Crippen LogP contribution is -2.28. The zero-order valence-electron chi connectivity index (χ0n) is 14.8. The molecule has 7 heteroatoms. The van der Waals surface area contributed by atoms with Gasteiger partial charge in [-0.05, 0) is 18.9 Å². The minimum atomic E-state index is -0.326. The Balaban J connectivity index is 2.28. The maximum Gasteiger partial charge on any atom is 0.271 e. The quantitative estimate of drug-likeness (QED) is 0.713. The first-order valence-electron chi connectivity index (χ1n) is 8.22. The molecule has 1 aromatic carbocycles. The Hall–Kier alpha value is -2.67. The minimum absolute atomic E-state index is 0.181. The summed E-state index contributed by atoms with van der Waals surface area (Å²) in [5.74, 6) is -0.589. The van der Waals surface area contributed by atoms with E-state index in [0.717, 1.165) is 5.56 Å². The lowest BCUT2D eigenvalue weighted by molar-refractivity contribution is 0.0933. The Morgan fingerprint density at radius 1 is 1.24 bits per heavy atom. The third-order valence-corrected chi connectivity index (χ3v) is 3.89. The number of aromatic nitrogens is 2. The van der Waals surface area contributed by atoms with Crippen LogP contribution in [0.5, 0.6) is 0 Å². The first-order chi connectivity index (χ1) is 12.1. The molecular weight excluding hydrogens is 320 g/mol. The van der Waals surface area contributed by atoms with Crippen molar-refractivity contribution in [2.75, 3.05) is 27.3 Å². The highest BCUT2D eigenvalue weighted by Crippen LogP contribution is 2.20. The highest BCUT2D eigenvalue weighted by Gasteiger charge is 2.22. The van der Waals surface area contributed by atoms with E-state index in [1.54, 1.807) is 11.8 Å². The third-order valence-electron chi connectivity index (χ3n) is 3.89. The summed E-state index contributed by atoms with van der Waals surface area (Å²) < 4.78 is 6.57. The van der Waals surface area contributed by atoms with E-state index >= 15 is 0 Å². The third kappa shape index (κ3) is 4.67. The summed E-state index contributed by atoms with van der Waals surface area (Å²) in [6, 6.07) is 11.1. The number of hydrogen-bond acceptors (Lipinski definition) is 4. The van der Waals surface area contributed by atoms with Gasteiger partial charge in [0.2, 0.25) is 0 Å². The molecule has 0 aliphatic rings. The molecular formula is C18H24N4O3. The Morgan fingerprint density at radius 3 is 2.60 bits per heavy atom. The van der Waals surface area contributed by atoms with Gasteiger partial charge in [0.25, 0.3) is 11.8 Å². The van der Waals surface area contributed by atoms with Gasteiger partial charge in [0, 0.05) is 33.4 Å². The molecule has 0 radical (unpaired) electrons. The van der Waals surface area contributed by atoms with Crippen LogP contribution in [0.3, 0.4) is 0 Å². The van der Waals surface area contributed by atoms with Gasteiger partial charge in [0.15, 0.2) is 5.69 Å². The van der Waals surface area contributed by atoms with Crippen LogP contribution in [0.15, 0.2) is 36.4 Å². The van der Waals surface area contributed by atoms with Crippen molar-refractivity contribution in [2.24, 2.45) is 0 Å². The van der Waals surface area contributed by atoms with Crippen molar-refractivity contribution in [2.45, 2.75) is 19.4 Å². The summed E-state index contributed by atoms with van der Waals surface area (Å²) in [5.41, 5.74) is 1.57. The van der Waals surface area contributed by atoms with Crippen LogP contribution >= 0.6 is 0 Å². The Kier molecular flexibility index (Phi) is 6.71. The van der Waals surface area contributed by atoms with Crippen LogP contribution in [0.2, 0.25) is 0 Å². The molecule has 134 valence electrons. The molecule has 0 spiro atoms. The number of rotatable bonds is 8. The molecule has 7 nitrogen and oxygen atoms in total. The molecule has 2 rings (SSSR count). The molecule has 0 unspecified atom stereocenters. The number of methoxy groups -OCH3 is 1. The number of ether oxygens (including phenoxy) is 1. The van der Waals surface area contributed by atoms with Crippen LogP contribution in [0.25, 0.3) is 0 Å². The molecule has 0 aliphatic heterocycles. The van der Waals surface area contributed by atoms with E-state index in [2.05, 4.69) is 15.7 Å². The van der Waals surface area contributed by atoms with Crippen LogP contribution in [0.1, 0.15) is 45.9 Å². The van der Waals surface area contributed by atoms with Gasteiger partial charge in [0.05, 0.1) is 6.04 Å². The fourth-order valence-electron chi connectivity index (χ4n) is 2.48. The summed E-state index contributed by atoms with van der Waals surface area (Å²) in [7, 11) is 3.15. The van der Waals surface area contributed by atoms with Crippen LogP contribution in [0.4, 0.5) is 0 Å². The highest BCUT2D eigenvalue weighted by molar-refractivity contribution is 5.97. The molecule has 1 aromatic heterocycles. The van der Waals surface area contributed by atoms with Gasteiger partial charge in [-0.2, -0.15) is 5.10 Å². The standard InChI is InChI=1S/C18H24N4O3/c1-13(14-8-5-4-6-9-14)22-16(12-15(21-22)17(23)19-2)18(24)20-10-7-11-25-3/h4-6,8-9,12-13H,7,10-11H2,1-3H3,(H,19,23)(H,20,24)/t13-/m0/s1. The average molecular weight is 344 g/mol. The van der Waals surface area contributed by atoms with E-state index < -0.39 is 0 Å². The molecule has 0 fully saturated rings. The number of nitrogens with zero attached hydrogens (tertiary/aromatic N) is 2. The predicted molar refractivity (Wildman–Crippen MR) is 94.7 cm³/mol. The highest BCUT2D eigenvalue weighted by atomic mass is 16.5. The molecule has 1 heterocycles. The van der Waals surface area contributed by atoms with Gasteiger partial charge in [-0.1, -0.05) is 30.3 Å². The smallest absolute Gasteiger partial charge is 0.271 e. The van der Waals surface area contributed by atoms with E-state index in [1.807, 2.05) is 37.3 Å². The van der Waals surface area contributed by atoms with Gasteiger partial charge in [-0.25, -0.2) is 0 Å². The Bertz CT molecular complexity index is 712. The predicted octanol–water partition coefficient (Wildman–Crippen LogP) is 1.62. The number of nitrogens with one attached hydrogen (secondary N) is 2. The summed E-state index contributed by atoms with van der Waals surface area (Å²) in [6.45, 7) is 3.01. The van der Waals surface area contributed by atoms with E-state index in [4.69, 9.17) is 4.74 Å². The van der Waals surface area contributed by atoms with Crippen molar-refractivity contribution in [1.29, 1.82) is 0 Å². The first-order valence-corrected chi connectivity index (χ1v) is 8.22. The second-order valence-corrected chi connectivity index (χ2v) is 5.63. The number of amides is 2. The van der Waals surface area contributed by atoms with E-state index in [-0.39, 0.29) is 23.6 Å². The molecule has 2 amide bonds. The topological polar surface area (TPSA) is 85.3 Å². The second-order valence-electron chi connectivity index (χ2n) is 5.63. The number of carbonyl (C=O) groups excluding carboxylic acids is 2. The molecule has 1 atom stereocenters. The molecule has 25 heavy (non-hydrogen) atoms. The van der Waals surface area contributed by atoms with Crippen LogP contribution in [-0.4, -0.2) is 48.9 Å². The van der Waals surface area contributed by atoms with Gasteiger partial charge >= 0.3 is 0 Å². The average Bonchev–Trinajstić information content (AvgIpc) is 3.10. The van der Waals surface area contributed by atoms with Gasteiger partial charge in [-0.3, -0.25) is 14.3 Å². The van der Waals surface area contributed by atoms with Gasteiger partial charge < -0.3 is 15.4 Å². The molecule has 0 saturated heterocycles. The zero-order valence-corrected chi connectivity index (χ0v) is 14.8. The van der Waals surface area contributed by atoms with E-state index in [1.165, 1.54) is 13.1 Å². The molecule has 2 N–H and O–H groups in total. The first kappa shape index (κ1) is 18.7. The molecule has 0 saturated carbocycles. The summed E-state index contributed by atoms with van der Waals surface area (Å²) in [5, 5.41) is 9.72. The number of carbonyl (C=O) groups is 2. The normalized spacial score (nSPS) is 11.8. The van der Waals surface area contributed by atoms with Crippen molar-refractivity contribution in [3.8, 4) is 0 Å². The van der Waals surface area contributed by atoms with Crippen LogP contribution in [0, 0.1) is 0 Å². The van der Waals surface area contributed by atoms with Gasteiger partial charge in [0.1, 0.15) is 5.69 Å². The zero-order chi connectivity index (χ0) is 18.2. The van der Waals surface area contributed by atoms with Crippen molar-refractivity contribution >= 4 is 11.8 Å². The maximum atomic E-state index is 12.5. The number of benzene rings is 1. The summed E-state index contributed by atoms with van der Waals surface area (Å²) in [6.07, 6.45) is 0.715. The molecule has 2 aromatic rings. The van der Waals surface area contributed by atoms with Crippen molar-refractivity contribution < 1.29 is 14.3 Å². The van der Waals surface area contributed by atoms with E-state index in [0.29, 0.717) is 25.3 Å². The summed E-state index contributed by atoms with van der Waals surface area (Å²) >= 11 is 0. The van der Waals surface area contributed by atoms with Crippen molar-refractivity contribution in [3.63, 3.8) is 0 Å². The fraction of sp³-hybridized carbons (Fsp3) is 0.389. The monoisotopic (exact) mass is 344 g/mol. The minimum Gasteiger partial charge on any atom is -0.385 e. The lowest BCUT2D eigenvalue weighted by Gasteiger charge is -2.16. The number of hydrogen-bond donors (Lipinski definition) is 2. The van der Waals surface area contributed by atoms with E-state index in [9.17, 15) is 9.59 Å². The Labute approximate surface area is 147 Å². The molecule has 0 aliphatic carbocycles. The summed E-state index contributed by atoms with van der Waals surface area (Å²) in [4.78, 5) is 24.5. The SMILES string of the molecule is CNC(=O)c1cc(C(=O)NCCCOC)n([C@@H](C)c2ccccc2)n1. The molecule has 0 bridgehead atoms. The fourth-order valence-corrected chi connectivity index (χ4v) is 2.48. The van der Waals surface area contributed by atoms with Gasteiger partial charge in [-0.15, -0.1) is 0 Å². The lowest BCUT2D eigenvalue weighted by atomic mass is 10.1. The van der Waals surface area contributed by atoms with Crippen molar-refractivity contribution in [1.82, 2.24) is 20.4 Å².